The van der Waals surface area contributed by atoms with Crippen molar-refractivity contribution in [3.05, 3.63) is 52.0 Å². The van der Waals surface area contributed by atoms with Gasteiger partial charge in [-0.2, -0.15) is 4.31 Å². The summed E-state index contributed by atoms with van der Waals surface area (Å²) in [4.78, 5) is 27.0. The molecule has 8 nitrogen and oxygen atoms in total. The Hall–Kier alpha value is -2.43. The number of amides is 2. The lowest BCUT2D eigenvalue weighted by atomic mass is 9.99. The molecular weight excluding hydrogens is 534 g/mol. The van der Waals surface area contributed by atoms with Gasteiger partial charge in [-0.25, -0.2) is 8.42 Å². The molecule has 2 aliphatic heterocycles. The molecule has 0 bridgehead atoms. The third-order valence-electron chi connectivity index (χ3n) is 6.63. The van der Waals surface area contributed by atoms with Crippen molar-refractivity contribution in [1.82, 2.24) is 9.62 Å². The van der Waals surface area contributed by atoms with E-state index in [1.807, 2.05) is 24.3 Å². The molecule has 0 saturated carbocycles. The maximum Gasteiger partial charge on any atom is 0.244 e. The number of fused-ring (bicyclic) bond motifs is 1. The van der Waals surface area contributed by atoms with Crippen LogP contribution in [-0.2, 0) is 32.6 Å². The molecule has 2 aliphatic rings. The van der Waals surface area contributed by atoms with Crippen LogP contribution in [0.5, 0.6) is 5.75 Å². The smallest absolute Gasteiger partial charge is 0.244 e. The van der Waals surface area contributed by atoms with Gasteiger partial charge in [-0.1, -0.05) is 19.1 Å². The number of nitrogens with zero attached hydrogens (tertiary/aromatic N) is 2. The zero-order valence-electron chi connectivity index (χ0n) is 19.9. The van der Waals surface area contributed by atoms with Gasteiger partial charge in [-0.15, -0.1) is 0 Å². The minimum Gasteiger partial charge on any atom is -0.497 e. The Morgan fingerprint density at radius 1 is 1.17 bits per heavy atom. The van der Waals surface area contributed by atoms with Crippen molar-refractivity contribution in [1.29, 1.82) is 0 Å². The number of hydrogen-bond acceptors (Lipinski definition) is 5. The first-order valence-electron chi connectivity index (χ1n) is 11.8. The van der Waals surface area contributed by atoms with Gasteiger partial charge in [-0.05, 0) is 70.6 Å². The lowest BCUT2D eigenvalue weighted by Gasteiger charge is -2.31. The van der Waals surface area contributed by atoms with Crippen LogP contribution in [0.2, 0.25) is 0 Å². The van der Waals surface area contributed by atoms with Crippen molar-refractivity contribution in [2.75, 3.05) is 31.6 Å². The first-order valence-corrected chi connectivity index (χ1v) is 14.0. The van der Waals surface area contributed by atoms with Crippen LogP contribution in [0.3, 0.4) is 0 Å². The fourth-order valence-electron chi connectivity index (χ4n) is 4.63. The predicted molar refractivity (Wildman–Crippen MR) is 137 cm³/mol. The average molecular weight is 565 g/mol. The first-order chi connectivity index (χ1) is 16.7. The SMILES string of the molecule is CCC(=O)N1CCc2cc(Br)c(S(=O)(=O)N3CCC[C@H](C(=O)NCc4ccc(OC)cc4)C3)cc21. The number of ether oxygens (including phenoxy) is 1. The number of benzene rings is 2. The number of carbonyl (C=O) groups is 2. The van der Waals surface area contributed by atoms with Gasteiger partial charge in [0.15, 0.2) is 0 Å². The second-order valence-corrected chi connectivity index (χ2v) is 11.6. The lowest BCUT2D eigenvalue weighted by molar-refractivity contribution is -0.126. The van der Waals surface area contributed by atoms with Crippen LogP contribution < -0.4 is 15.0 Å². The Morgan fingerprint density at radius 2 is 1.91 bits per heavy atom. The van der Waals surface area contributed by atoms with Crippen LogP contribution in [0.25, 0.3) is 0 Å². The van der Waals surface area contributed by atoms with Crippen molar-refractivity contribution in [3.8, 4) is 5.75 Å². The Morgan fingerprint density at radius 3 is 2.60 bits per heavy atom. The van der Waals surface area contributed by atoms with Crippen molar-refractivity contribution < 1.29 is 22.7 Å². The maximum absolute atomic E-state index is 13.6. The maximum atomic E-state index is 13.6. The molecule has 2 aromatic rings. The summed E-state index contributed by atoms with van der Waals surface area (Å²) in [6.07, 6.45) is 2.28. The van der Waals surface area contributed by atoms with E-state index in [1.165, 1.54) is 4.31 Å². The number of carbonyl (C=O) groups excluding carboxylic acids is 2. The quantitative estimate of drug-likeness (QED) is 0.556. The number of nitrogens with one attached hydrogen (secondary N) is 1. The van der Waals surface area contributed by atoms with Crippen LogP contribution in [0.1, 0.15) is 37.3 Å². The molecule has 1 atom stereocenters. The van der Waals surface area contributed by atoms with Crippen molar-refractivity contribution in [2.45, 2.75) is 44.0 Å². The minimum absolute atomic E-state index is 0.0269. The molecule has 2 amide bonds. The van der Waals surface area contributed by atoms with E-state index in [-0.39, 0.29) is 23.3 Å². The summed E-state index contributed by atoms with van der Waals surface area (Å²) < 4.78 is 34.2. The van der Waals surface area contributed by atoms with E-state index in [9.17, 15) is 18.0 Å². The predicted octanol–water partition coefficient (Wildman–Crippen LogP) is 3.47. The highest BCUT2D eigenvalue weighted by atomic mass is 79.9. The Bertz CT molecular complexity index is 1220. The van der Waals surface area contributed by atoms with Crippen LogP contribution in [-0.4, -0.2) is 51.3 Å². The molecule has 2 aromatic carbocycles. The largest absolute Gasteiger partial charge is 0.497 e. The molecule has 0 aliphatic carbocycles. The highest BCUT2D eigenvalue weighted by Crippen LogP contribution is 2.37. The summed E-state index contributed by atoms with van der Waals surface area (Å²) in [6, 6.07) is 10.8. The van der Waals surface area contributed by atoms with Crippen molar-refractivity contribution >= 4 is 43.5 Å². The third-order valence-corrected chi connectivity index (χ3v) is 9.45. The van der Waals surface area contributed by atoms with E-state index in [4.69, 9.17) is 4.74 Å². The molecule has 1 N–H and O–H groups in total. The summed E-state index contributed by atoms with van der Waals surface area (Å²) in [7, 11) is -2.26. The van der Waals surface area contributed by atoms with Gasteiger partial charge in [0, 0.05) is 42.8 Å². The number of piperidine rings is 1. The molecule has 0 spiro atoms. The lowest BCUT2D eigenvalue weighted by Crippen LogP contribution is -2.45. The van der Waals surface area contributed by atoms with Gasteiger partial charge >= 0.3 is 0 Å². The summed E-state index contributed by atoms with van der Waals surface area (Å²) in [6.45, 7) is 3.19. The van der Waals surface area contributed by atoms with E-state index < -0.39 is 15.9 Å². The van der Waals surface area contributed by atoms with E-state index >= 15 is 0 Å². The van der Waals surface area contributed by atoms with Crippen LogP contribution in [0, 0.1) is 5.92 Å². The number of rotatable bonds is 7. The average Bonchev–Trinajstić information content (AvgIpc) is 3.29. The number of halogens is 1. The Balaban J connectivity index is 1.48. The zero-order valence-corrected chi connectivity index (χ0v) is 22.3. The van der Waals surface area contributed by atoms with Gasteiger partial charge in [0.2, 0.25) is 21.8 Å². The van der Waals surface area contributed by atoms with Gasteiger partial charge in [0.05, 0.1) is 17.9 Å². The highest BCUT2D eigenvalue weighted by molar-refractivity contribution is 9.10. The van der Waals surface area contributed by atoms with E-state index in [0.717, 1.165) is 16.9 Å². The molecule has 2 heterocycles. The molecule has 0 radical (unpaired) electrons. The summed E-state index contributed by atoms with van der Waals surface area (Å²) in [5.41, 5.74) is 2.55. The Kier molecular flexibility index (Phi) is 7.83. The second kappa shape index (κ2) is 10.7. The van der Waals surface area contributed by atoms with E-state index in [0.29, 0.717) is 55.5 Å². The molecule has 35 heavy (non-hydrogen) atoms. The molecule has 0 aromatic heterocycles. The zero-order chi connectivity index (χ0) is 25.2. The second-order valence-electron chi connectivity index (χ2n) is 8.83. The monoisotopic (exact) mass is 563 g/mol. The minimum atomic E-state index is -3.86. The number of sulfonamides is 1. The fourth-order valence-corrected chi connectivity index (χ4v) is 7.22. The van der Waals surface area contributed by atoms with E-state index in [2.05, 4.69) is 21.2 Å². The van der Waals surface area contributed by atoms with Gasteiger partial charge < -0.3 is 15.0 Å². The van der Waals surface area contributed by atoms with Crippen molar-refractivity contribution in [2.24, 2.45) is 5.92 Å². The number of hydrogen-bond donors (Lipinski definition) is 1. The standard InChI is InChI=1S/C25H30BrN3O5S/c1-3-24(30)29-12-10-18-13-21(26)23(14-22(18)29)35(32,33)28-11-4-5-19(16-28)25(31)27-15-17-6-8-20(34-2)9-7-17/h6-9,13-14,19H,3-5,10-12,15-16H2,1-2H3,(H,27,31)/t19-/m0/s1. The van der Waals surface area contributed by atoms with Crippen molar-refractivity contribution in [3.63, 3.8) is 0 Å². The molecule has 10 heteroatoms. The number of methoxy groups -OCH3 is 1. The third kappa shape index (κ3) is 5.39. The molecule has 1 fully saturated rings. The fraction of sp³-hybridized carbons (Fsp3) is 0.440. The van der Waals surface area contributed by atoms with E-state index in [1.54, 1.807) is 31.1 Å². The molecule has 0 unspecified atom stereocenters. The number of anilines is 1. The summed E-state index contributed by atoms with van der Waals surface area (Å²) in [5, 5.41) is 2.93. The first kappa shape index (κ1) is 25.7. The topological polar surface area (TPSA) is 96.0 Å². The van der Waals surface area contributed by atoms with Crippen LogP contribution in [0.15, 0.2) is 45.8 Å². The molecule has 4 rings (SSSR count). The van der Waals surface area contributed by atoms with Gasteiger partial charge in [0.1, 0.15) is 5.75 Å². The molecule has 1 saturated heterocycles. The van der Waals surface area contributed by atoms with Crippen LogP contribution in [0.4, 0.5) is 5.69 Å². The normalized spacial score (nSPS) is 18.3. The van der Waals surface area contributed by atoms with Crippen LogP contribution >= 0.6 is 15.9 Å². The molecular formula is C25H30BrN3O5S. The molecule has 188 valence electrons. The Labute approximate surface area is 214 Å². The highest BCUT2D eigenvalue weighted by Gasteiger charge is 2.36. The van der Waals surface area contributed by atoms with Gasteiger partial charge in [0.25, 0.3) is 0 Å². The summed E-state index contributed by atoms with van der Waals surface area (Å²) in [5.74, 6) is 0.130. The van der Waals surface area contributed by atoms with Gasteiger partial charge in [-0.3, -0.25) is 9.59 Å². The summed E-state index contributed by atoms with van der Waals surface area (Å²) >= 11 is 3.43.